The lowest BCUT2D eigenvalue weighted by Gasteiger charge is -2.43. The predicted molar refractivity (Wildman–Crippen MR) is 166 cm³/mol. The number of methoxy groups -OCH3 is 1. The first-order chi connectivity index (χ1) is 21.7. The second-order valence-electron chi connectivity index (χ2n) is 11.9. The van der Waals surface area contributed by atoms with Crippen molar-refractivity contribution in [2.75, 3.05) is 25.6 Å². The zero-order valence-electron chi connectivity index (χ0n) is 24.3. The van der Waals surface area contributed by atoms with Crippen molar-refractivity contribution in [2.24, 2.45) is 29.6 Å². The number of aromatic amines is 1. The van der Waals surface area contributed by atoms with Crippen molar-refractivity contribution < 1.29 is 33.8 Å². The van der Waals surface area contributed by atoms with E-state index in [0.717, 1.165) is 21.9 Å². The minimum Gasteiger partial charge on any atom is -0.497 e. The van der Waals surface area contributed by atoms with Gasteiger partial charge in [-0.2, -0.15) is 0 Å². The molecule has 234 valence electrons. The number of ether oxygens (including phenoxy) is 2. The van der Waals surface area contributed by atoms with E-state index in [0.29, 0.717) is 17.2 Å². The van der Waals surface area contributed by atoms with Crippen LogP contribution in [0.2, 0.25) is 0 Å². The number of hydrogen-bond donors (Lipinski definition) is 3. The molecule has 7 rings (SSSR count). The number of aromatic nitrogens is 1. The van der Waals surface area contributed by atoms with Gasteiger partial charge in [0.25, 0.3) is 5.91 Å². The molecule has 3 aromatic rings. The van der Waals surface area contributed by atoms with Gasteiger partial charge in [-0.15, -0.1) is 11.8 Å². The van der Waals surface area contributed by atoms with E-state index in [4.69, 9.17) is 14.6 Å². The highest BCUT2D eigenvalue weighted by Gasteiger charge is 2.69. The van der Waals surface area contributed by atoms with E-state index in [1.165, 1.54) is 16.2 Å². The number of amides is 3. The molecular formula is C32H31N3O8S2. The second kappa shape index (κ2) is 11.7. The third-order valence-electron chi connectivity index (χ3n) is 9.57. The molecule has 6 unspecified atom stereocenters. The third-order valence-corrected chi connectivity index (χ3v) is 12.2. The molecule has 2 aliphatic carbocycles. The number of rotatable bonds is 10. The molecule has 2 bridgehead atoms. The Hall–Kier alpha value is -4.10. The SMILES string of the molecule is COc1ccc(NC(=O)COc2ccc([C@H]3c4sc(=O)[nH]c4SC4C5CC(C6C(=O)N(CCCC(=O)O)C(=O)C56)C43)cc2)cc1. The number of carbonyl (C=O) groups is 4. The van der Waals surface area contributed by atoms with E-state index in [-0.39, 0.29) is 77.5 Å². The number of thiazole rings is 1. The summed E-state index contributed by atoms with van der Waals surface area (Å²) in [5.74, 6) is -1.32. The lowest BCUT2D eigenvalue weighted by Crippen LogP contribution is -2.42. The van der Waals surface area contributed by atoms with Crippen LogP contribution in [0.15, 0.2) is 58.4 Å². The zero-order chi connectivity index (χ0) is 31.4. The number of likely N-dealkylation sites (tertiary alicyclic amines) is 1. The van der Waals surface area contributed by atoms with Gasteiger partial charge in [0.05, 0.1) is 24.0 Å². The fraction of sp³-hybridized carbons (Fsp3) is 0.406. The molecule has 7 atom stereocenters. The number of carbonyl (C=O) groups excluding carboxylic acids is 3. The van der Waals surface area contributed by atoms with Gasteiger partial charge in [-0.1, -0.05) is 23.5 Å². The maximum atomic E-state index is 13.6. The van der Waals surface area contributed by atoms with Crippen LogP contribution in [0, 0.1) is 29.6 Å². The van der Waals surface area contributed by atoms with Gasteiger partial charge in [0.1, 0.15) is 11.5 Å². The van der Waals surface area contributed by atoms with Crippen LogP contribution in [0.3, 0.4) is 0 Å². The Morgan fingerprint density at radius 2 is 1.69 bits per heavy atom. The molecule has 1 saturated heterocycles. The number of aliphatic carboxylic acids is 1. The lowest BCUT2D eigenvalue weighted by atomic mass is 9.68. The number of carboxylic acid groups (broad SMARTS) is 1. The van der Waals surface area contributed by atoms with Crippen molar-refractivity contribution in [3.05, 3.63) is 68.6 Å². The summed E-state index contributed by atoms with van der Waals surface area (Å²) in [5, 5.41) is 12.7. The Bertz CT molecular complexity index is 1720. The van der Waals surface area contributed by atoms with Crippen LogP contribution in [-0.2, 0) is 19.2 Å². The first kappa shape index (κ1) is 29.6. The zero-order valence-corrected chi connectivity index (χ0v) is 25.9. The van der Waals surface area contributed by atoms with Crippen molar-refractivity contribution in [1.82, 2.24) is 9.88 Å². The lowest BCUT2D eigenvalue weighted by molar-refractivity contribution is -0.142. The monoisotopic (exact) mass is 649 g/mol. The molecule has 3 amide bonds. The number of hydrogen-bond acceptors (Lipinski definition) is 9. The van der Waals surface area contributed by atoms with E-state index in [1.807, 2.05) is 24.3 Å². The van der Waals surface area contributed by atoms with Gasteiger partial charge in [0.2, 0.25) is 11.8 Å². The number of nitrogens with one attached hydrogen (secondary N) is 2. The Labute approximate surface area is 266 Å². The highest BCUT2D eigenvalue weighted by molar-refractivity contribution is 8.00. The second-order valence-corrected chi connectivity index (χ2v) is 14.1. The molecule has 45 heavy (non-hydrogen) atoms. The van der Waals surface area contributed by atoms with Crippen molar-refractivity contribution in [2.45, 2.75) is 35.5 Å². The summed E-state index contributed by atoms with van der Waals surface area (Å²) in [6.45, 7) is -0.0474. The Morgan fingerprint density at radius 3 is 2.38 bits per heavy atom. The molecular weight excluding hydrogens is 618 g/mol. The number of nitrogens with zero attached hydrogens (tertiary/aromatic N) is 1. The molecule has 3 fully saturated rings. The molecule has 2 aromatic carbocycles. The Morgan fingerprint density at radius 1 is 1.00 bits per heavy atom. The number of benzene rings is 2. The standard InChI is InChI=1S/C32H31N3O8S2/c1-42-17-10-6-16(7-11-17)33-21(36)14-43-18-8-4-15(5-9-18)23-24-19-13-20(27(24)44-29-28(23)45-32(41)34-29)26-25(19)30(39)35(31(26)40)12-2-3-22(37)38/h4-11,19-20,23-27H,2-3,12-14H2,1H3,(H,33,36)(H,34,41)(H,37,38)/t19?,20?,23-,24?,25?,26?,27?/m1/s1. The van der Waals surface area contributed by atoms with E-state index < -0.39 is 17.8 Å². The van der Waals surface area contributed by atoms with Crippen molar-refractivity contribution in [1.29, 1.82) is 0 Å². The summed E-state index contributed by atoms with van der Waals surface area (Å²) in [4.78, 5) is 68.2. The molecule has 2 saturated carbocycles. The normalized spacial score (nSPS) is 27.6. The third kappa shape index (κ3) is 5.21. The van der Waals surface area contributed by atoms with E-state index >= 15 is 0 Å². The fourth-order valence-electron chi connectivity index (χ4n) is 7.85. The molecule has 3 N–H and O–H groups in total. The summed E-state index contributed by atoms with van der Waals surface area (Å²) < 4.78 is 10.9. The van der Waals surface area contributed by atoms with Crippen LogP contribution in [-0.4, -0.2) is 64.2 Å². The number of carboxylic acids is 1. The molecule has 11 nitrogen and oxygen atoms in total. The molecule has 0 spiro atoms. The van der Waals surface area contributed by atoms with Gasteiger partial charge in [-0.3, -0.25) is 28.9 Å². The largest absolute Gasteiger partial charge is 0.497 e. The van der Waals surface area contributed by atoms with Crippen LogP contribution >= 0.6 is 23.1 Å². The number of anilines is 1. The summed E-state index contributed by atoms with van der Waals surface area (Å²) >= 11 is 2.81. The van der Waals surface area contributed by atoms with Crippen molar-refractivity contribution >= 4 is 52.5 Å². The summed E-state index contributed by atoms with van der Waals surface area (Å²) in [6.07, 6.45) is 0.920. The number of thioether (sulfide) groups is 1. The minimum atomic E-state index is -0.951. The van der Waals surface area contributed by atoms with Crippen LogP contribution in [0.5, 0.6) is 11.5 Å². The smallest absolute Gasteiger partial charge is 0.305 e. The predicted octanol–water partition coefficient (Wildman–Crippen LogP) is 3.80. The average molecular weight is 650 g/mol. The topological polar surface area (TPSA) is 155 Å². The van der Waals surface area contributed by atoms with E-state index in [2.05, 4.69) is 10.3 Å². The molecule has 1 aromatic heterocycles. The first-order valence-corrected chi connectivity index (χ1v) is 16.6. The van der Waals surface area contributed by atoms with Gasteiger partial charge in [0, 0.05) is 34.7 Å². The quantitative estimate of drug-likeness (QED) is 0.278. The van der Waals surface area contributed by atoms with Gasteiger partial charge in [0.15, 0.2) is 6.61 Å². The maximum Gasteiger partial charge on any atom is 0.305 e. The van der Waals surface area contributed by atoms with Crippen molar-refractivity contribution in [3.63, 3.8) is 0 Å². The molecule has 2 aliphatic heterocycles. The van der Waals surface area contributed by atoms with Gasteiger partial charge in [-0.05, 0) is 72.6 Å². The first-order valence-electron chi connectivity index (χ1n) is 14.9. The summed E-state index contributed by atoms with van der Waals surface area (Å²) in [7, 11) is 1.57. The molecule has 4 aliphatic rings. The van der Waals surface area contributed by atoms with Crippen LogP contribution in [0.1, 0.15) is 35.6 Å². The average Bonchev–Trinajstić information content (AvgIpc) is 3.76. The van der Waals surface area contributed by atoms with Crippen LogP contribution in [0.4, 0.5) is 5.69 Å². The van der Waals surface area contributed by atoms with Crippen molar-refractivity contribution in [3.8, 4) is 11.5 Å². The highest BCUT2D eigenvalue weighted by Crippen LogP contribution is 2.68. The maximum absolute atomic E-state index is 13.6. The van der Waals surface area contributed by atoms with Gasteiger partial charge >= 0.3 is 10.8 Å². The molecule has 3 heterocycles. The molecule has 13 heteroatoms. The van der Waals surface area contributed by atoms with E-state index in [9.17, 15) is 24.0 Å². The van der Waals surface area contributed by atoms with Crippen LogP contribution < -0.4 is 19.7 Å². The van der Waals surface area contributed by atoms with Crippen LogP contribution in [0.25, 0.3) is 0 Å². The minimum absolute atomic E-state index is 0.00166. The molecule has 0 radical (unpaired) electrons. The Kier molecular flexibility index (Phi) is 7.68. The summed E-state index contributed by atoms with van der Waals surface area (Å²) in [6, 6.07) is 14.5. The van der Waals surface area contributed by atoms with Gasteiger partial charge < -0.3 is 24.9 Å². The Balaban J connectivity index is 1.09. The number of imide groups is 1. The highest BCUT2D eigenvalue weighted by atomic mass is 32.2. The van der Waals surface area contributed by atoms with E-state index in [1.54, 1.807) is 43.1 Å². The summed E-state index contributed by atoms with van der Waals surface area (Å²) in [5.41, 5.74) is 1.61. The fourth-order valence-corrected chi connectivity index (χ4v) is 10.7. The van der Waals surface area contributed by atoms with Gasteiger partial charge in [-0.25, -0.2) is 0 Å². The number of fused-ring (bicyclic) bond motifs is 9. The number of H-pyrrole nitrogens is 1.